The first-order chi connectivity index (χ1) is 11.2. The highest BCUT2D eigenvalue weighted by atomic mass is 19.1. The summed E-state index contributed by atoms with van der Waals surface area (Å²) in [6.45, 7) is 2.07. The molecule has 0 radical (unpaired) electrons. The van der Waals surface area contributed by atoms with Crippen molar-refractivity contribution in [1.29, 1.82) is 0 Å². The lowest BCUT2D eigenvalue weighted by Gasteiger charge is -2.09. The van der Waals surface area contributed by atoms with Crippen molar-refractivity contribution < 1.29 is 4.39 Å². The first-order valence-electron chi connectivity index (χ1n) is 7.51. The normalized spacial score (nSPS) is 11.0. The minimum Gasteiger partial charge on any atom is -0.315 e. The van der Waals surface area contributed by atoms with Crippen LogP contribution >= 0.6 is 0 Å². The van der Waals surface area contributed by atoms with Crippen molar-refractivity contribution in [3.8, 4) is 16.8 Å². The van der Waals surface area contributed by atoms with Crippen LogP contribution in [0.15, 0.2) is 73.2 Å². The summed E-state index contributed by atoms with van der Waals surface area (Å²) in [5.41, 5.74) is 5.22. The number of pyridine rings is 1. The number of benzene rings is 2. The van der Waals surface area contributed by atoms with Crippen molar-refractivity contribution in [3.63, 3.8) is 0 Å². The Hall–Kier alpha value is -2.94. The van der Waals surface area contributed by atoms with Gasteiger partial charge in [0.2, 0.25) is 0 Å². The molecule has 23 heavy (non-hydrogen) atoms. The maximum absolute atomic E-state index is 13.6. The maximum Gasteiger partial charge on any atom is 0.123 e. The van der Waals surface area contributed by atoms with Gasteiger partial charge in [0.25, 0.3) is 0 Å². The predicted molar refractivity (Wildman–Crippen MR) is 91.2 cm³/mol. The molecule has 0 aliphatic rings. The summed E-state index contributed by atoms with van der Waals surface area (Å²) in [6, 6.07) is 16.9. The second-order valence-corrected chi connectivity index (χ2v) is 5.60. The van der Waals surface area contributed by atoms with Crippen LogP contribution in [0.2, 0.25) is 0 Å². The molecule has 0 aliphatic carbocycles. The number of fused-ring (bicyclic) bond motifs is 1. The van der Waals surface area contributed by atoms with Crippen molar-refractivity contribution in [2.75, 3.05) is 0 Å². The molecule has 0 N–H and O–H groups in total. The molecule has 0 bridgehead atoms. The van der Waals surface area contributed by atoms with Crippen LogP contribution in [0.5, 0.6) is 0 Å². The van der Waals surface area contributed by atoms with E-state index in [-0.39, 0.29) is 5.82 Å². The number of nitrogens with zero attached hydrogens (tertiary/aromatic N) is 2. The monoisotopic (exact) mass is 302 g/mol. The third-order valence-corrected chi connectivity index (χ3v) is 4.14. The summed E-state index contributed by atoms with van der Waals surface area (Å²) >= 11 is 0. The molecule has 0 saturated heterocycles. The van der Waals surface area contributed by atoms with Gasteiger partial charge in [-0.3, -0.25) is 4.98 Å². The van der Waals surface area contributed by atoms with Gasteiger partial charge in [0.05, 0.1) is 17.4 Å². The summed E-state index contributed by atoms with van der Waals surface area (Å²) in [4.78, 5) is 4.23. The van der Waals surface area contributed by atoms with Gasteiger partial charge in [-0.2, -0.15) is 0 Å². The minimum atomic E-state index is -0.220. The van der Waals surface area contributed by atoms with Gasteiger partial charge in [-0.25, -0.2) is 4.39 Å². The molecule has 112 valence electrons. The fourth-order valence-corrected chi connectivity index (χ4v) is 2.99. The second-order valence-electron chi connectivity index (χ2n) is 5.60. The summed E-state index contributed by atoms with van der Waals surface area (Å²) in [7, 11) is 0. The molecule has 4 aromatic rings. The van der Waals surface area contributed by atoms with Gasteiger partial charge < -0.3 is 4.57 Å². The Morgan fingerprint density at radius 2 is 1.87 bits per heavy atom. The fraction of sp³-hybridized carbons (Fsp3) is 0.0500. The molecule has 0 atom stereocenters. The van der Waals surface area contributed by atoms with Gasteiger partial charge in [0.1, 0.15) is 5.82 Å². The van der Waals surface area contributed by atoms with Gasteiger partial charge in [0.15, 0.2) is 0 Å². The highest BCUT2D eigenvalue weighted by molar-refractivity contribution is 5.96. The van der Waals surface area contributed by atoms with Gasteiger partial charge in [0, 0.05) is 17.8 Å². The molecule has 0 saturated carbocycles. The molecule has 2 nitrogen and oxygen atoms in total. The molecular weight excluding hydrogens is 287 g/mol. The SMILES string of the molecule is Cc1ccncc1-n1ccc2c(-c3cccc(F)c3)cccc21. The van der Waals surface area contributed by atoms with Crippen molar-refractivity contribution >= 4 is 10.9 Å². The largest absolute Gasteiger partial charge is 0.315 e. The maximum atomic E-state index is 13.6. The van der Waals surface area contributed by atoms with Crippen LogP contribution in [0.4, 0.5) is 4.39 Å². The summed E-state index contributed by atoms with van der Waals surface area (Å²) in [5.74, 6) is -0.220. The Bertz CT molecular complexity index is 1000. The lowest BCUT2D eigenvalue weighted by atomic mass is 10.0. The number of rotatable bonds is 2. The molecule has 0 aliphatic heterocycles. The van der Waals surface area contributed by atoms with E-state index < -0.39 is 0 Å². The average Bonchev–Trinajstić information content (AvgIpc) is 2.99. The lowest BCUT2D eigenvalue weighted by molar-refractivity contribution is 0.628. The lowest BCUT2D eigenvalue weighted by Crippen LogP contribution is -1.95. The minimum absolute atomic E-state index is 0.220. The molecule has 2 aromatic carbocycles. The van der Waals surface area contributed by atoms with Crippen LogP contribution in [-0.4, -0.2) is 9.55 Å². The number of aromatic nitrogens is 2. The van der Waals surface area contributed by atoms with E-state index in [1.54, 1.807) is 18.3 Å². The van der Waals surface area contributed by atoms with E-state index in [9.17, 15) is 4.39 Å². The Morgan fingerprint density at radius 1 is 1.00 bits per heavy atom. The summed E-state index contributed by atoms with van der Waals surface area (Å²) in [6.07, 6.45) is 5.70. The number of hydrogen-bond acceptors (Lipinski definition) is 1. The molecule has 3 heteroatoms. The van der Waals surface area contributed by atoms with E-state index in [0.717, 1.165) is 33.3 Å². The molecule has 0 spiro atoms. The number of aryl methyl sites for hydroxylation is 1. The van der Waals surface area contributed by atoms with Gasteiger partial charge in [-0.15, -0.1) is 0 Å². The van der Waals surface area contributed by atoms with E-state index in [4.69, 9.17) is 0 Å². The zero-order chi connectivity index (χ0) is 15.8. The van der Waals surface area contributed by atoms with Crippen LogP contribution in [0, 0.1) is 12.7 Å². The quantitative estimate of drug-likeness (QED) is 0.501. The second kappa shape index (κ2) is 5.36. The topological polar surface area (TPSA) is 17.8 Å². The molecule has 2 heterocycles. The van der Waals surface area contributed by atoms with Crippen LogP contribution in [0.3, 0.4) is 0 Å². The highest BCUT2D eigenvalue weighted by Gasteiger charge is 2.10. The van der Waals surface area contributed by atoms with Crippen LogP contribution in [0.1, 0.15) is 5.56 Å². The van der Waals surface area contributed by atoms with Crippen LogP contribution < -0.4 is 0 Å². The standard InChI is InChI=1S/C20H15FN2/c1-14-8-10-22-13-20(14)23-11-9-18-17(6-3-7-19(18)23)15-4-2-5-16(21)12-15/h2-13H,1H3. The van der Waals surface area contributed by atoms with E-state index in [1.807, 2.05) is 36.7 Å². The Morgan fingerprint density at radius 3 is 2.70 bits per heavy atom. The fourth-order valence-electron chi connectivity index (χ4n) is 2.99. The molecule has 0 amide bonds. The number of hydrogen-bond donors (Lipinski definition) is 0. The van der Waals surface area contributed by atoms with Crippen LogP contribution in [0.25, 0.3) is 27.7 Å². The van der Waals surface area contributed by atoms with E-state index >= 15 is 0 Å². The molecule has 4 rings (SSSR count). The third-order valence-electron chi connectivity index (χ3n) is 4.14. The first kappa shape index (κ1) is 13.7. The first-order valence-corrected chi connectivity index (χ1v) is 7.51. The Balaban J connectivity index is 1.96. The van der Waals surface area contributed by atoms with Gasteiger partial charge in [-0.1, -0.05) is 24.3 Å². The van der Waals surface area contributed by atoms with Crippen LogP contribution in [-0.2, 0) is 0 Å². The Labute approximate surface area is 133 Å². The molecule has 0 fully saturated rings. The Kier molecular flexibility index (Phi) is 3.19. The summed E-state index contributed by atoms with van der Waals surface area (Å²) < 4.78 is 15.7. The third kappa shape index (κ3) is 2.30. The van der Waals surface area contributed by atoms with Gasteiger partial charge >= 0.3 is 0 Å². The smallest absolute Gasteiger partial charge is 0.123 e. The summed E-state index contributed by atoms with van der Waals surface area (Å²) in [5, 5.41) is 1.10. The molecular formula is C20H15FN2. The van der Waals surface area contributed by atoms with Crippen molar-refractivity contribution in [1.82, 2.24) is 9.55 Å². The zero-order valence-corrected chi connectivity index (χ0v) is 12.7. The highest BCUT2D eigenvalue weighted by Crippen LogP contribution is 2.31. The predicted octanol–water partition coefficient (Wildman–Crippen LogP) is 5.14. The molecule has 0 unspecified atom stereocenters. The number of halogens is 1. The van der Waals surface area contributed by atoms with E-state index in [2.05, 4.69) is 28.6 Å². The average molecular weight is 302 g/mol. The van der Waals surface area contributed by atoms with E-state index in [1.165, 1.54) is 6.07 Å². The van der Waals surface area contributed by atoms with Crippen molar-refractivity contribution in [2.24, 2.45) is 0 Å². The molecule has 2 aromatic heterocycles. The van der Waals surface area contributed by atoms with Gasteiger partial charge in [-0.05, 0) is 53.9 Å². The van der Waals surface area contributed by atoms with Crippen molar-refractivity contribution in [3.05, 3.63) is 84.6 Å². The van der Waals surface area contributed by atoms with E-state index in [0.29, 0.717) is 0 Å². The zero-order valence-electron chi connectivity index (χ0n) is 12.7. The van der Waals surface area contributed by atoms with Crippen molar-refractivity contribution in [2.45, 2.75) is 6.92 Å².